The van der Waals surface area contributed by atoms with E-state index in [1.807, 2.05) is 19.2 Å². The predicted octanol–water partition coefficient (Wildman–Crippen LogP) is 8.56. The molecule has 0 aliphatic carbocycles. The summed E-state index contributed by atoms with van der Waals surface area (Å²) in [7, 11) is 0. The van der Waals surface area contributed by atoms with Gasteiger partial charge in [0, 0.05) is 17.2 Å². The Morgan fingerprint density at radius 3 is 1.48 bits per heavy atom. The quantitative estimate of drug-likeness (QED) is 0.220. The van der Waals surface area contributed by atoms with Crippen molar-refractivity contribution in [2.24, 2.45) is 0 Å². The molecule has 1 aromatic heterocycles. The third kappa shape index (κ3) is 19.8. The lowest BCUT2D eigenvalue weighted by molar-refractivity contribution is 0.538. The number of hydrogen-bond donors (Lipinski definition) is 0. The van der Waals surface area contributed by atoms with Gasteiger partial charge in [-0.1, -0.05) is 106 Å². The van der Waals surface area contributed by atoms with Gasteiger partial charge in [-0.3, -0.25) is 4.98 Å². The van der Waals surface area contributed by atoms with Crippen molar-refractivity contribution in [2.75, 3.05) is 5.33 Å². The highest BCUT2D eigenvalue weighted by molar-refractivity contribution is 9.09. The van der Waals surface area contributed by atoms with Crippen LogP contribution in [0, 0.1) is 13.8 Å². The van der Waals surface area contributed by atoms with Crippen molar-refractivity contribution in [3.8, 4) is 0 Å². The number of pyridine rings is 1. The summed E-state index contributed by atoms with van der Waals surface area (Å²) in [6.45, 7) is 6.35. The Morgan fingerprint density at radius 2 is 1.16 bits per heavy atom. The van der Waals surface area contributed by atoms with Crippen LogP contribution in [0.2, 0.25) is 0 Å². The second-order valence-electron chi connectivity index (χ2n) is 7.26. The molecule has 2 heteroatoms. The maximum Gasteiger partial charge on any atom is 0.0375 e. The van der Waals surface area contributed by atoms with Crippen molar-refractivity contribution < 1.29 is 0 Å². The molecule has 1 rings (SSSR count). The molecular weight excluding hydrogens is 370 g/mol. The molecule has 0 radical (unpaired) electrons. The SMILES string of the molecule is CCCCCCCCCCCCCCCCBr.Cc1ccnc(C)c1. The molecule has 0 atom stereocenters. The Balaban J connectivity index is 0.000000593. The molecule has 0 aromatic carbocycles. The van der Waals surface area contributed by atoms with E-state index in [0.29, 0.717) is 0 Å². The van der Waals surface area contributed by atoms with Crippen LogP contribution in [0.25, 0.3) is 0 Å². The highest BCUT2D eigenvalue weighted by atomic mass is 79.9. The molecule has 1 aromatic rings. The van der Waals surface area contributed by atoms with Gasteiger partial charge in [-0.2, -0.15) is 0 Å². The molecule has 1 heterocycles. The van der Waals surface area contributed by atoms with Crippen LogP contribution in [0.5, 0.6) is 0 Å². The van der Waals surface area contributed by atoms with Crippen molar-refractivity contribution in [1.29, 1.82) is 0 Å². The summed E-state index contributed by atoms with van der Waals surface area (Å²) >= 11 is 3.48. The largest absolute Gasteiger partial charge is 0.262 e. The van der Waals surface area contributed by atoms with Crippen LogP contribution >= 0.6 is 15.9 Å². The van der Waals surface area contributed by atoms with Crippen LogP contribution < -0.4 is 0 Å². The van der Waals surface area contributed by atoms with Crippen LogP contribution in [0.1, 0.15) is 108 Å². The highest BCUT2D eigenvalue weighted by Crippen LogP contribution is 2.13. The molecule has 0 amide bonds. The second-order valence-corrected chi connectivity index (χ2v) is 8.05. The monoisotopic (exact) mass is 411 g/mol. The van der Waals surface area contributed by atoms with E-state index in [-0.39, 0.29) is 0 Å². The third-order valence-electron chi connectivity index (χ3n) is 4.54. The van der Waals surface area contributed by atoms with Crippen molar-refractivity contribution >= 4 is 15.9 Å². The summed E-state index contributed by atoms with van der Waals surface area (Å²) in [5.41, 5.74) is 2.36. The fourth-order valence-electron chi connectivity index (χ4n) is 2.98. The summed E-state index contributed by atoms with van der Waals surface area (Å²) in [6, 6.07) is 4.05. The second kappa shape index (κ2) is 19.9. The summed E-state index contributed by atoms with van der Waals surface area (Å²) in [5.74, 6) is 0. The lowest BCUT2D eigenvalue weighted by atomic mass is 10.0. The molecule has 0 N–H and O–H groups in total. The van der Waals surface area contributed by atoms with Crippen molar-refractivity contribution in [3.05, 3.63) is 29.6 Å². The molecule has 0 aliphatic heterocycles. The van der Waals surface area contributed by atoms with Gasteiger partial charge in [0.15, 0.2) is 0 Å². The zero-order valence-corrected chi connectivity index (χ0v) is 18.7. The first-order chi connectivity index (χ1) is 12.2. The smallest absolute Gasteiger partial charge is 0.0375 e. The van der Waals surface area contributed by atoms with E-state index in [1.165, 1.54) is 101 Å². The zero-order valence-electron chi connectivity index (χ0n) is 17.2. The number of halogens is 1. The maximum atomic E-state index is 4.04. The highest BCUT2D eigenvalue weighted by Gasteiger charge is 1.93. The van der Waals surface area contributed by atoms with Gasteiger partial charge in [0.25, 0.3) is 0 Å². The molecule has 1 nitrogen and oxygen atoms in total. The van der Waals surface area contributed by atoms with Gasteiger partial charge >= 0.3 is 0 Å². The van der Waals surface area contributed by atoms with E-state index < -0.39 is 0 Å². The Bertz CT molecular complexity index is 347. The van der Waals surface area contributed by atoms with Crippen molar-refractivity contribution in [2.45, 2.75) is 111 Å². The Labute approximate surface area is 166 Å². The van der Waals surface area contributed by atoms with E-state index in [1.54, 1.807) is 0 Å². The number of alkyl halides is 1. The number of hydrogen-bond acceptors (Lipinski definition) is 1. The van der Waals surface area contributed by atoms with Gasteiger partial charge in [0.2, 0.25) is 0 Å². The first-order valence-electron chi connectivity index (χ1n) is 10.7. The average Bonchev–Trinajstić information content (AvgIpc) is 2.59. The minimum absolute atomic E-state index is 1.09. The van der Waals surface area contributed by atoms with Gasteiger partial charge in [-0.15, -0.1) is 0 Å². The van der Waals surface area contributed by atoms with Crippen LogP contribution in [0.4, 0.5) is 0 Å². The lowest BCUT2D eigenvalue weighted by Crippen LogP contribution is -1.83. The van der Waals surface area contributed by atoms with Gasteiger partial charge in [-0.25, -0.2) is 0 Å². The minimum atomic E-state index is 1.09. The zero-order chi connectivity index (χ0) is 18.6. The molecular formula is C23H42BrN. The minimum Gasteiger partial charge on any atom is -0.262 e. The topological polar surface area (TPSA) is 12.9 Å². The Morgan fingerprint density at radius 1 is 0.720 bits per heavy atom. The van der Waals surface area contributed by atoms with E-state index in [9.17, 15) is 0 Å². The normalized spacial score (nSPS) is 10.4. The van der Waals surface area contributed by atoms with Gasteiger partial charge < -0.3 is 0 Å². The molecule has 0 aliphatic rings. The molecule has 0 unspecified atom stereocenters. The molecule has 25 heavy (non-hydrogen) atoms. The van der Waals surface area contributed by atoms with Crippen LogP contribution in [0.3, 0.4) is 0 Å². The fraction of sp³-hybridized carbons (Fsp3) is 0.783. The molecule has 0 bridgehead atoms. The van der Waals surface area contributed by atoms with Crippen LogP contribution in [-0.4, -0.2) is 10.3 Å². The first kappa shape index (κ1) is 24.6. The molecule has 146 valence electrons. The van der Waals surface area contributed by atoms with Gasteiger partial charge in [0.1, 0.15) is 0 Å². The maximum absolute atomic E-state index is 4.04. The molecule has 0 saturated heterocycles. The van der Waals surface area contributed by atoms with E-state index in [4.69, 9.17) is 0 Å². The van der Waals surface area contributed by atoms with Crippen LogP contribution in [0.15, 0.2) is 18.3 Å². The summed E-state index contributed by atoms with van der Waals surface area (Å²) in [5, 5.41) is 1.19. The van der Waals surface area contributed by atoms with Gasteiger partial charge in [0.05, 0.1) is 0 Å². The van der Waals surface area contributed by atoms with E-state index in [2.05, 4.69) is 40.8 Å². The summed E-state index contributed by atoms with van der Waals surface area (Å²) in [6.07, 6.45) is 22.1. The summed E-state index contributed by atoms with van der Waals surface area (Å²) < 4.78 is 0. The summed E-state index contributed by atoms with van der Waals surface area (Å²) in [4.78, 5) is 4.04. The van der Waals surface area contributed by atoms with E-state index >= 15 is 0 Å². The molecule has 0 saturated carbocycles. The Kier molecular flexibility index (Phi) is 19.7. The first-order valence-corrected chi connectivity index (χ1v) is 11.8. The number of aromatic nitrogens is 1. The van der Waals surface area contributed by atoms with Crippen molar-refractivity contribution in [1.82, 2.24) is 4.98 Å². The van der Waals surface area contributed by atoms with Crippen LogP contribution in [-0.2, 0) is 0 Å². The molecule has 0 spiro atoms. The van der Waals surface area contributed by atoms with Crippen molar-refractivity contribution in [3.63, 3.8) is 0 Å². The number of unbranched alkanes of at least 4 members (excludes halogenated alkanes) is 13. The standard InChI is InChI=1S/C16H33Br.C7H9N/c1-2-3-4-5-6-7-8-9-10-11-12-13-14-15-16-17;1-6-3-4-8-7(2)5-6/h2-16H2,1H3;3-5H,1-2H3. The Hall–Kier alpha value is -0.370. The number of rotatable bonds is 14. The predicted molar refractivity (Wildman–Crippen MR) is 118 cm³/mol. The lowest BCUT2D eigenvalue weighted by Gasteiger charge is -2.02. The average molecular weight is 413 g/mol. The molecule has 0 fully saturated rings. The van der Waals surface area contributed by atoms with E-state index in [0.717, 1.165) is 5.69 Å². The number of aryl methyl sites for hydroxylation is 2. The number of nitrogens with zero attached hydrogens (tertiary/aromatic N) is 1. The third-order valence-corrected chi connectivity index (χ3v) is 5.10. The van der Waals surface area contributed by atoms with Gasteiger partial charge in [-0.05, 0) is 38.0 Å². The fourth-order valence-corrected chi connectivity index (χ4v) is 3.37.